The lowest BCUT2D eigenvalue weighted by Gasteiger charge is -2.62. The molecule has 0 bridgehead atoms. The number of aliphatic hydroxyl groups excluding tert-OH is 1. The molecular formula is C24H32O6. The number of aliphatic hydroxyl groups is 1. The summed E-state index contributed by atoms with van der Waals surface area (Å²) in [5.41, 5.74) is -0.168. The van der Waals surface area contributed by atoms with Crippen molar-refractivity contribution in [3.05, 3.63) is 11.6 Å². The van der Waals surface area contributed by atoms with Crippen LogP contribution in [0.1, 0.15) is 65.2 Å². The monoisotopic (exact) mass is 416 g/mol. The summed E-state index contributed by atoms with van der Waals surface area (Å²) in [6.45, 7) is 4.33. The molecule has 1 spiro atoms. The van der Waals surface area contributed by atoms with E-state index >= 15 is 0 Å². The number of rotatable bonds is 1. The average molecular weight is 417 g/mol. The van der Waals surface area contributed by atoms with Gasteiger partial charge in [0.1, 0.15) is 5.60 Å². The fraction of sp³-hybridized carbons (Fsp3) is 0.792. The van der Waals surface area contributed by atoms with E-state index in [0.29, 0.717) is 38.5 Å². The lowest BCUT2D eigenvalue weighted by molar-refractivity contribution is -0.197. The summed E-state index contributed by atoms with van der Waals surface area (Å²) in [4.78, 5) is 37.2. The number of carbonyl (C=O) groups excluding carboxylic acids is 3. The summed E-state index contributed by atoms with van der Waals surface area (Å²) >= 11 is 0. The molecule has 5 aliphatic rings. The first-order valence-electron chi connectivity index (χ1n) is 11.4. The highest BCUT2D eigenvalue weighted by atomic mass is 16.6. The van der Waals surface area contributed by atoms with Crippen LogP contribution in [-0.4, -0.2) is 41.6 Å². The molecule has 0 aromatic rings. The Morgan fingerprint density at radius 2 is 1.97 bits per heavy atom. The molecule has 1 N–H and O–H groups in total. The maximum absolute atomic E-state index is 12.9. The second-order valence-corrected chi connectivity index (χ2v) is 10.8. The minimum Gasteiger partial charge on any atom is -0.469 e. The van der Waals surface area contributed by atoms with Gasteiger partial charge >= 0.3 is 11.9 Å². The fourth-order valence-corrected chi connectivity index (χ4v) is 8.35. The highest BCUT2D eigenvalue weighted by molar-refractivity contribution is 5.92. The SMILES string of the molecule is COC(=O)C1CC2=CC(=O)CC[C@]2(C)C2C(O)C[C@@]3(C)C(CCC34CCC(=O)O4)C12. The molecule has 6 unspecified atom stereocenters. The smallest absolute Gasteiger partial charge is 0.309 e. The zero-order valence-electron chi connectivity index (χ0n) is 18.1. The Morgan fingerprint density at radius 1 is 1.20 bits per heavy atom. The lowest BCUT2D eigenvalue weighted by atomic mass is 9.43. The predicted molar refractivity (Wildman–Crippen MR) is 107 cm³/mol. The van der Waals surface area contributed by atoms with E-state index in [4.69, 9.17) is 9.47 Å². The van der Waals surface area contributed by atoms with Crippen molar-refractivity contribution in [1.29, 1.82) is 0 Å². The lowest BCUT2D eigenvalue weighted by Crippen LogP contribution is -2.62. The molecule has 3 saturated carbocycles. The zero-order chi connectivity index (χ0) is 21.5. The molecule has 4 fully saturated rings. The number of allylic oxidation sites excluding steroid dienone is 1. The second kappa shape index (κ2) is 6.41. The van der Waals surface area contributed by atoms with Gasteiger partial charge in [-0.1, -0.05) is 19.4 Å². The van der Waals surface area contributed by atoms with Gasteiger partial charge in [-0.05, 0) is 67.8 Å². The molecule has 1 heterocycles. The molecule has 1 saturated heterocycles. The maximum atomic E-state index is 12.9. The number of ether oxygens (including phenoxy) is 2. The van der Waals surface area contributed by atoms with E-state index in [1.165, 1.54) is 7.11 Å². The van der Waals surface area contributed by atoms with Crippen LogP contribution in [0.15, 0.2) is 11.6 Å². The highest BCUT2D eigenvalue weighted by Gasteiger charge is 2.71. The second-order valence-electron chi connectivity index (χ2n) is 10.8. The van der Waals surface area contributed by atoms with Crippen LogP contribution in [0.2, 0.25) is 0 Å². The highest BCUT2D eigenvalue weighted by Crippen LogP contribution is 2.70. The molecular weight excluding hydrogens is 384 g/mol. The summed E-state index contributed by atoms with van der Waals surface area (Å²) in [6, 6.07) is 0. The average Bonchev–Trinajstić information content (AvgIpc) is 3.21. The van der Waals surface area contributed by atoms with Gasteiger partial charge in [-0.2, -0.15) is 0 Å². The molecule has 30 heavy (non-hydrogen) atoms. The summed E-state index contributed by atoms with van der Waals surface area (Å²) in [5.74, 6) is -0.636. The van der Waals surface area contributed by atoms with Crippen molar-refractivity contribution in [2.24, 2.45) is 34.5 Å². The first kappa shape index (κ1) is 20.2. The number of fused-ring (bicyclic) bond motifs is 6. The van der Waals surface area contributed by atoms with Crippen molar-refractivity contribution in [3.8, 4) is 0 Å². The number of hydrogen-bond acceptors (Lipinski definition) is 6. The minimum atomic E-state index is -0.611. The standard InChI is InChI=1S/C24H32O6/c1-22-7-4-14(25)10-13(22)11-15(21(28)29-3)19-16-5-8-24(9-6-18(27)30-24)23(16,2)12-17(26)20(19)22/h10,15-17,19-20,26H,4-9,11-12H2,1-3H3/t15?,16?,17?,19?,20?,22-,23-,24?/m0/s1. The third kappa shape index (κ3) is 2.43. The summed E-state index contributed by atoms with van der Waals surface area (Å²) < 4.78 is 11.2. The van der Waals surface area contributed by atoms with Gasteiger partial charge in [-0.3, -0.25) is 14.4 Å². The molecule has 0 aromatic heterocycles. The zero-order valence-corrected chi connectivity index (χ0v) is 18.1. The Hall–Kier alpha value is -1.69. The van der Waals surface area contributed by atoms with E-state index in [9.17, 15) is 19.5 Å². The Morgan fingerprint density at radius 3 is 2.63 bits per heavy atom. The number of carbonyl (C=O) groups is 3. The molecule has 164 valence electrons. The summed E-state index contributed by atoms with van der Waals surface area (Å²) in [7, 11) is 1.42. The van der Waals surface area contributed by atoms with Gasteiger partial charge in [0.2, 0.25) is 0 Å². The third-order valence-corrected chi connectivity index (χ3v) is 9.79. The van der Waals surface area contributed by atoms with E-state index < -0.39 is 11.7 Å². The van der Waals surface area contributed by atoms with Gasteiger partial charge in [0.25, 0.3) is 0 Å². The van der Waals surface area contributed by atoms with Crippen molar-refractivity contribution in [2.45, 2.75) is 76.9 Å². The Bertz CT molecular complexity index is 847. The van der Waals surface area contributed by atoms with Crippen LogP contribution in [0.3, 0.4) is 0 Å². The van der Waals surface area contributed by atoms with Crippen LogP contribution in [0.5, 0.6) is 0 Å². The van der Waals surface area contributed by atoms with Gasteiger partial charge in [0.05, 0.1) is 19.1 Å². The molecule has 5 rings (SSSR count). The van der Waals surface area contributed by atoms with E-state index in [-0.39, 0.29) is 52.2 Å². The summed E-state index contributed by atoms with van der Waals surface area (Å²) in [6.07, 6.45) is 6.21. The molecule has 0 amide bonds. The Kier molecular flexibility index (Phi) is 4.32. The molecule has 0 aromatic carbocycles. The fourth-order valence-electron chi connectivity index (χ4n) is 8.35. The first-order valence-corrected chi connectivity index (χ1v) is 11.4. The van der Waals surface area contributed by atoms with Crippen LogP contribution in [0.25, 0.3) is 0 Å². The van der Waals surface area contributed by atoms with Crippen LogP contribution in [0.4, 0.5) is 0 Å². The van der Waals surface area contributed by atoms with Gasteiger partial charge < -0.3 is 14.6 Å². The molecule has 6 heteroatoms. The quantitative estimate of drug-likeness (QED) is 0.661. The van der Waals surface area contributed by atoms with Crippen molar-refractivity contribution < 1.29 is 29.0 Å². The minimum absolute atomic E-state index is 0.0415. The largest absolute Gasteiger partial charge is 0.469 e. The van der Waals surface area contributed by atoms with E-state index in [1.807, 2.05) is 0 Å². The van der Waals surface area contributed by atoms with Crippen LogP contribution in [0, 0.1) is 34.5 Å². The van der Waals surface area contributed by atoms with Crippen molar-refractivity contribution in [2.75, 3.05) is 7.11 Å². The first-order chi connectivity index (χ1) is 14.1. The molecule has 1 aliphatic heterocycles. The number of hydrogen-bond donors (Lipinski definition) is 1. The number of ketones is 1. The van der Waals surface area contributed by atoms with Gasteiger partial charge in [-0.15, -0.1) is 0 Å². The molecule has 4 aliphatic carbocycles. The number of methoxy groups -OCH3 is 1. The van der Waals surface area contributed by atoms with Crippen molar-refractivity contribution in [1.82, 2.24) is 0 Å². The van der Waals surface area contributed by atoms with Gasteiger partial charge in [-0.25, -0.2) is 0 Å². The van der Waals surface area contributed by atoms with Crippen molar-refractivity contribution in [3.63, 3.8) is 0 Å². The normalized spacial score (nSPS) is 49.7. The maximum Gasteiger partial charge on any atom is 0.309 e. The van der Waals surface area contributed by atoms with Crippen molar-refractivity contribution >= 4 is 17.7 Å². The van der Waals surface area contributed by atoms with E-state index in [0.717, 1.165) is 18.4 Å². The van der Waals surface area contributed by atoms with Crippen LogP contribution < -0.4 is 0 Å². The topological polar surface area (TPSA) is 89.9 Å². The van der Waals surface area contributed by atoms with E-state index in [1.54, 1.807) is 6.08 Å². The molecule has 6 nitrogen and oxygen atoms in total. The Balaban J connectivity index is 1.62. The van der Waals surface area contributed by atoms with Crippen LogP contribution >= 0.6 is 0 Å². The van der Waals surface area contributed by atoms with Gasteiger partial charge in [0.15, 0.2) is 5.78 Å². The summed E-state index contributed by atoms with van der Waals surface area (Å²) in [5, 5.41) is 11.6. The molecule has 0 radical (unpaired) electrons. The van der Waals surface area contributed by atoms with Gasteiger partial charge in [0, 0.05) is 18.3 Å². The van der Waals surface area contributed by atoms with Crippen LogP contribution in [-0.2, 0) is 23.9 Å². The van der Waals surface area contributed by atoms with E-state index in [2.05, 4.69) is 13.8 Å². The Labute approximate surface area is 177 Å². The number of esters is 2. The predicted octanol–water partition coefficient (Wildman–Crippen LogP) is 2.96. The third-order valence-electron chi connectivity index (χ3n) is 9.79. The molecule has 8 atom stereocenters.